The van der Waals surface area contributed by atoms with E-state index >= 15 is 0 Å². The van der Waals surface area contributed by atoms with Crippen LogP contribution in [0.4, 0.5) is 0 Å². The van der Waals surface area contributed by atoms with Gasteiger partial charge in [0.2, 0.25) is 0 Å². The summed E-state index contributed by atoms with van der Waals surface area (Å²) in [6.45, 7) is 2.26. The SMILES string of the molecule is CN(C)[C@]1(c2ccccc2)CCN(Cc2[nH]nc3ncccc23)C[C@H]1O.Cl. The number of likely N-dealkylation sites (N-methyl/N-ethyl adjacent to an activating group) is 1. The lowest BCUT2D eigenvalue weighted by molar-refractivity contribution is -0.0704. The van der Waals surface area contributed by atoms with Gasteiger partial charge in [0.05, 0.1) is 17.3 Å². The van der Waals surface area contributed by atoms with Crippen molar-refractivity contribution in [1.82, 2.24) is 25.0 Å². The Labute approximate surface area is 165 Å². The van der Waals surface area contributed by atoms with Crippen molar-refractivity contribution in [2.75, 3.05) is 27.2 Å². The van der Waals surface area contributed by atoms with Crippen LogP contribution in [0.15, 0.2) is 48.7 Å². The van der Waals surface area contributed by atoms with Gasteiger partial charge in [-0.05, 0) is 38.2 Å². The number of benzene rings is 1. The van der Waals surface area contributed by atoms with Gasteiger partial charge in [0.25, 0.3) is 0 Å². The highest BCUT2D eigenvalue weighted by Gasteiger charge is 2.45. The zero-order valence-corrected chi connectivity index (χ0v) is 16.5. The number of piperidine rings is 1. The molecular formula is C20H26ClN5O. The van der Waals surface area contributed by atoms with Gasteiger partial charge in [-0.1, -0.05) is 30.3 Å². The Morgan fingerprint density at radius 1 is 1.22 bits per heavy atom. The Bertz CT molecular complexity index is 884. The van der Waals surface area contributed by atoms with Crippen molar-refractivity contribution in [1.29, 1.82) is 0 Å². The first kappa shape index (κ1) is 19.8. The molecule has 1 aromatic carbocycles. The van der Waals surface area contributed by atoms with Crippen molar-refractivity contribution in [2.24, 2.45) is 0 Å². The van der Waals surface area contributed by atoms with E-state index in [1.54, 1.807) is 6.20 Å². The molecule has 1 aliphatic heterocycles. The molecule has 0 unspecified atom stereocenters. The average Bonchev–Trinajstić information content (AvgIpc) is 3.06. The molecule has 6 nitrogen and oxygen atoms in total. The minimum atomic E-state index is -0.471. The lowest BCUT2D eigenvalue weighted by Gasteiger charge is -2.49. The predicted molar refractivity (Wildman–Crippen MR) is 109 cm³/mol. The number of aliphatic hydroxyl groups is 1. The second kappa shape index (κ2) is 7.94. The van der Waals surface area contributed by atoms with E-state index in [9.17, 15) is 5.11 Å². The van der Waals surface area contributed by atoms with E-state index < -0.39 is 6.10 Å². The van der Waals surface area contributed by atoms with E-state index in [2.05, 4.69) is 51.2 Å². The van der Waals surface area contributed by atoms with Crippen molar-refractivity contribution in [2.45, 2.75) is 24.6 Å². The third-order valence-corrected chi connectivity index (χ3v) is 5.65. The van der Waals surface area contributed by atoms with E-state index in [1.807, 2.05) is 30.3 Å². The number of hydrogen-bond donors (Lipinski definition) is 2. The summed E-state index contributed by atoms with van der Waals surface area (Å²) in [7, 11) is 4.11. The number of fused-ring (bicyclic) bond motifs is 1. The summed E-state index contributed by atoms with van der Waals surface area (Å²) in [6, 6.07) is 14.3. The first-order valence-electron chi connectivity index (χ1n) is 9.02. The van der Waals surface area contributed by atoms with E-state index in [0.717, 1.165) is 36.2 Å². The number of hydrogen-bond acceptors (Lipinski definition) is 5. The number of pyridine rings is 1. The Kier molecular flexibility index (Phi) is 5.81. The topological polar surface area (TPSA) is 68.3 Å². The van der Waals surface area contributed by atoms with Crippen LogP contribution in [-0.4, -0.2) is 63.4 Å². The molecule has 0 saturated carbocycles. The second-order valence-electron chi connectivity index (χ2n) is 7.26. The Balaban J connectivity index is 0.00000210. The highest BCUT2D eigenvalue weighted by atomic mass is 35.5. The molecule has 0 spiro atoms. The summed E-state index contributed by atoms with van der Waals surface area (Å²) in [5.74, 6) is 0. The summed E-state index contributed by atoms with van der Waals surface area (Å²) in [5.41, 5.74) is 2.62. The lowest BCUT2D eigenvalue weighted by atomic mass is 9.77. The van der Waals surface area contributed by atoms with Crippen molar-refractivity contribution in [3.63, 3.8) is 0 Å². The largest absolute Gasteiger partial charge is 0.389 e. The molecule has 0 aliphatic carbocycles. The number of halogens is 1. The standard InChI is InChI=1S/C20H25N5O.ClH/c1-24(2)20(15-7-4-3-5-8-15)10-12-25(14-18(20)26)13-17-16-9-6-11-21-19(16)23-22-17;/h3-9,11,18,26H,10,12-14H2,1-2H3,(H,21,22,23);1H/t18-,20+;/m1./s1. The molecular weight excluding hydrogens is 362 g/mol. The first-order valence-corrected chi connectivity index (χ1v) is 9.02. The van der Waals surface area contributed by atoms with Crippen LogP contribution in [0.25, 0.3) is 11.0 Å². The quantitative estimate of drug-likeness (QED) is 0.719. The van der Waals surface area contributed by atoms with Crippen LogP contribution in [0, 0.1) is 0 Å². The van der Waals surface area contributed by atoms with Crippen molar-refractivity contribution >= 4 is 23.4 Å². The third kappa shape index (κ3) is 3.46. The van der Waals surface area contributed by atoms with Crippen LogP contribution < -0.4 is 0 Å². The number of aromatic nitrogens is 3. The van der Waals surface area contributed by atoms with E-state index in [4.69, 9.17) is 0 Å². The van der Waals surface area contributed by atoms with Gasteiger partial charge in [-0.3, -0.25) is 14.9 Å². The van der Waals surface area contributed by atoms with Crippen LogP contribution in [0.2, 0.25) is 0 Å². The maximum atomic E-state index is 11.1. The minimum Gasteiger partial charge on any atom is -0.389 e. The van der Waals surface area contributed by atoms with Gasteiger partial charge in [0.1, 0.15) is 0 Å². The Morgan fingerprint density at radius 2 is 2.00 bits per heavy atom. The van der Waals surface area contributed by atoms with Crippen LogP contribution in [0.5, 0.6) is 0 Å². The molecule has 27 heavy (non-hydrogen) atoms. The predicted octanol–water partition coefficient (Wildman–Crippen LogP) is 2.40. The fourth-order valence-electron chi connectivity index (χ4n) is 4.22. The van der Waals surface area contributed by atoms with Crippen LogP contribution in [-0.2, 0) is 12.1 Å². The molecule has 7 heteroatoms. The second-order valence-corrected chi connectivity index (χ2v) is 7.26. The fraction of sp³-hybridized carbons (Fsp3) is 0.400. The Morgan fingerprint density at radius 3 is 2.70 bits per heavy atom. The summed E-state index contributed by atoms with van der Waals surface area (Å²) >= 11 is 0. The molecule has 0 bridgehead atoms. The zero-order chi connectivity index (χ0) is 18.1. The first-order chi connectivity index (χ1) is 12.6. The number of nitrogens with zero attached hydrogens (tertiary/aromatic N) is 4. The summed E-state index contributed by atoms with van der Waals surface area (Å²) < 4.78 is 0. The number of β-amino-alcohol motifs (C(OH)–C–C–N with tert-alkyl or cyclic N) is 1. The monoisotopic (exact) mass is 387 g/mol. The molecule has 3 aromatic rings. The molecule has 1 aliphatic rings. The van der Waals surface area contributed by atoms with Gasteiger partial charge in [0, 0.05) is 31.2 Å². The van der Waals surface area contributed by atoms with Gasteiger partial charge in [-0.15, -0.1) is 12.4 Å². The normalized spacial score (nSPS) is 23.5. The minimum absolute atomic E-state index is 0. The molecule has 3 heterocycles. The maximum Gasteiger partial charge on any atom is 0.181 e. The molecule has 0 radical (unpaired) electrons. The van der Waals surface area contributed by atoms with E-state index in [0.29, 0.717) is 6.54 Å². The molecule has 0 amide bonds. The number of rotatable bonds is 4. The molecule has 2 N–H and O–H groups in total. The number of aliphatic hydroxyl groups excluding tert-OH is 1. The lowest BCUT2D eigenvalue weighted by Crippen LogP contribution is -2.59. The van der Waals surface area contributed by atoms with E-state index in [1.165, 1.54) is 5.56 Å². The highest BCUT2D eigenvalue weighted by Crippen LogP contribution is 2.38. The van der Waals surface area contributed by atoms with Crippen molar-refractivity contribution in [3.8, 4) is 0 Å². The van der Waals surface area contributed by atoms with Crippen LogP contribution in [0.3, 0.4) is 0 Å². The fourth-order valence-corrected chi connectivity index (χ4v) is 4.22. The summed E-state index contributed by atoms with van der Waals surface area (Å²) in [4.78, 5) is 8.73. The van der Waals surface area contributed by atoms with Crippen LogP contribution >= 0.6 is 12.4 Å². The molecule has 2 atom stereocenters. The summed E-state index contributed by atoms with van der Waals surface area (Å²) in [6.07, 6.45) is 2.15. The maximum absolute atomic E-state index is 11.1. The molecule has 144 valence electrons. The molecule has 4 rings (SSSR count). The third-order valence-electron chi connectivity index (χ3n) is 5.65. The highest BCUT2D eigenvalue weighted by molar-refractivity contribution is 5.85. The Hall–Kier alpha value is -1.99. The van der Waals surface area contributed by atoms with E-state index in [-0.39, 0.29) is 17.9 Å². The zero-order valence-electron chi connectivity index (χ0n) is 15.7. The van der Waals surface area contributed by atoms with Gasteiger partial charge in [0.15, 0.2) is 5.65 Å². The number of aromatic amines is 1. The number of H-pyrrole nitrogens is 1. The number of nitrogens with one attached hydrogen (secondary N) is 1. The van der Waals surface area contributed by atoms with Crippen LogP contribution in [0.1, 0.15) is 17.7 Å². The van der Waals surface area contributed by atoms with Gasteiger partial charge >= 0.3 is 0 Å². The molecule has 1 saturated heterocycles. The number of likely N-dealkylation sites (tertiary alicyclic amines) is 1. The van der Waals surface area contributed by atoms with Gasteiger partial charge in [-0.2, -0.15) is 5.10 Å². The molecule has 1 fully saturated rings. The van der Waals surface area contributed by atoms with Crippen molar-refractivity contribution < 1.29 is 5.11 Å². The smallest absolute Gasteiger partial charge is 0.181 e. The van der Waals surface area contributed by atoms with Gasteiger partial charge in [-0.25, -0.2) is 4.98 Å². The average molecular weight is 388 g/mol. The summed E-state index contributed by atoms with van der Waals surface area (Å²) in [5, 5.41) is 19.6. The van der Waals surface area contributed by atoms with Crippen molar-refractivity contribution in [3.05, 3.63) is 59.9 Å². The van der Waals surface area contributed by atoms with Gasteiger partial charge < -0.3 is 5.11 Å². The molecule has 2 aromatic heterocycles.